The molecule has 4 aromatic rings. The summed E-state index contributed by atoms with van der Waals surface area (Å²) in [6.45, 7) is -0.541. The lowest BCUT2D eigenvalue weighted by atomic mass is 10.0. The summed E-state index contributed by atoms with van der Waals surface area (Å²) >= 11 is 0. The molecule has 198 valence electrons. The molecule has 1 unspecified atom stereocenters. The van der Waals surface area contributed by atoms with Crippen LogP contribution in [0, 0.1) is 0 Å². The van der Waals surface area contributed by atoms with Gasteiger partial charge in [-0.3, -0.25) is 9.59 Å². The van der Waals surface area contributed by atoms with Crippen LogP contribution in [-0.4, -0.2) is 39.3 Å². The molecule has 2 aromatic carbocycles. The Balaban J connectivity index is 1.53. The summed E-state index contributed by atoms with van der Waals surface area (Å²) in [4.78, 5) is 33.5. The third kappa shape index (κ3) is 4.90. The van der Waals surface area contributed by atoms with E-state index < -0.39 is 53.5 Å². The third-order valence-corrected chi connectivity index (χ3v) is 6.53. The molecule has 1 aliphatic heterocycles. The van der Waals surface area contributed by atoms with Crippen LogP contribution in [0.5, 0.6) is 0 Å². The van der Waals surface area contributed by atoms with E-state index in [1.807, 2.05) is 24.3 Å². The van der Waals surface area contributed by atoms with Crippen molar-refractivity contribution in [1.29, 1.82) is 0 Å². The minimum atomic E-state index is -5.01. The molecule has 2 N–H and O–H groups in total. The molecule has 0 spiro atoms. The van der Waals surface area contributed by atoms with Gasteiger partial charge in [-0.1, -0.05) is 30.3 Å². The predicted octanol–water partition coefficient (Wildman–Crippen LogP) is 5.21. The summed E-state index contributed by atoms with van der Waals surface area (Å²) < 4.78 is 81.7. The highest BCUT2D eigenvalue weighted by Gasteiger charge is 2.38. The van der Waals surface area contributed by atoms with Gasteiger partial charge >= 0.3 is 12.4 Å². The number of hydrogen-bond donors (Lipinski definition) is 2. The van der Waals surface area contributed by atoms with Crippen LogP contribution in [0.25, 0.3) is 21.8 Å². The number of amides is 2. The number of para-hydroxylation sites is 2. The molecule has 38 heavy (non-hydrogen) atoms. The number of nitrogens with one attached hydrogen (secondary N) is 2. The number of benzene rings is 2. The number of H-pyrrole nitrogens is 1. The van der Waals surface area contributed by atoms with Gasteiger partial charge in [-0.25, -0.2) is 4.98 Å². The molecule has 0 radical (unpaired) electrons. The lowest BCUT2D eigenvalue weighted by Crippen LogP contribution is -2.45. The number of rotatable bonds is 4. The second kappa shape index (κ2) is 9.34. The van der Waals surface area contributed by atoms with Crippen molar-refractivity contribution in [3.05, 3.63) is 77.1 Å². The van der Waals surface area contributed by atoms with Crippen molar-refractivity contribution < 1.29 is 35.9 Å². The fraction of sp³-hybridized carbons (Fsp3) is 0.269. The topological polar surface area (TPSA) is 78.1 Å². The van der Waals surface area contributed by atoms with Crippen molar-refractivity contribution in [2.24, 2.45) is 0 Å². The molecule has 2 aromatic heterocycles. The molecular formula is C26H20F6N4O2. The normalized spacial score (nSPS) is 17.2. The fourth-order valence-corrected chi connectivity index (χ4v) is 4.74. The minimum Gasteiger partial charge on any atom is -0.361 e. The first kappa shape index (κ1) is 25.6. The van der Waals surface area contributed by atoms with Gasteiger partial charge in [0.1, 0.15) is 11.7 Å². The average molecular weight is 534 g/mol. The number of aromatic amines is 1. The lowest BCUT2D eigenvalue weighted by Gasteiger charge is -2.25. The first-order valence-corrected chi connectivity index (χ1v) is 11.6. The molecule has 0 saturated carbocycles. The van der Waals surface area contributed by atoms with Gasteiger partial charge in [0.05, 0.1) is 11.1 Å². The van der Waals surface area contributed by atoms with Gasteiger partial charge in [0.25, 0.3) is 0 Å². The zero-order chi connectivity index (χ0) is 27.2. The molecule has 1 atom stereocenters. The van der Waals surface area contributed by atoms with Crippen LogP contribution < -0.4 is 5.32 Å². The van der Waals surface area contributed by atoms with E-state index in [9.17, 15) is 35.9 Å². The molecule has 3 heterocycles. The molecule has 1 saturated heterocycles. The van der Waals surface area contributed by atoms with Crippen molar-refractivity contribution in [1.82, 2.24) is 20.2 Å². The number of fused-ring (bicyclic) bond motifs is 2. The van der Waals surface area contributed by atoms with Crippen LogP contribution >= 0.6 is 0 Å². The first-order chi connectivity index (χ1) is 17.9. The maximum absolute atomic E-state index is 13.6. The zero-order valence-corrected chi connectivity index (χ0v) is 19.6. The monoisotopic (exact) mass is 534 g/mol. The van der Waals surface area contributed by atoms with E-state index in [-0.39, 0.29) is 30.3 Å². The molecule has 5 rings (SSSR count). The van der Waals surface area contributed by atoms with E-state index >= 15 is 0 Å². The quantitative estimate of drug-likeness (QED) is 0.353. The van der Waals surface area contributed by atoms with Gasteiger partial charge in [-0.15, -0.1) is 0 Å². The highest BCUT2D eigenvalue weighted by atomic mass is 19.4. The van der Waals surface area contributed by atoms with Crippen molar-refractivity contribution in [3.63, 3.8) is 0 Å². The number of halogens is 6. The number of carbonyl (C=O) groups is 2. The number of aromatic nitrogens is 2. The summed E-state index contributed by atoms with van der Waals surface area (Å²) in [5.41, 5.74) is -2.22. The number of hydrogen-bond acceptors (Lipinski definition) is 3. The van der Waals surface area contributed by atoms with Crippen LogP contribution in [0.1, 0.15) is 28.8 Å². The van der Waals surface area contributed by atoms with Crippen LogP contribution in [0.4, 0.5) is 26.3 Å². The lowest BCUT2D eigenvalue weighted by molar-refractivity contribution is -0.142. The Bertz CT molecular complexity index is 1540. The van der Waals surface area contributed by atoms with E-state index in [1.165, 1.54) is 11.0 Å². The van der Waals surface area contributed by atoms with Crippen LogP contribution in [0.15, 0.2) is 54.7 Å². The smallest absolute Gasteiger partial charge is 0.361 e. The van der Waals surface area contributed by atoms with E-state index in [0.717, 1.165) is 22.5 Å². The fourth-order valence-electron chi connectivity index (χ4n) is 4.74. The van der Waals surface area contributed by atoms with Crippen molar-refractivity contribution in [2.45, 2.75) is 37.8 Å². The van der Waals surface area contributed by atoms with Gasteiger partial charge in [0.15, 0.2) is 0 Å². The molecule has 6 nitrogen and oxygen atoms in total. The Kier molecular flexibility index (Phi) is 6.28. The van der Waals surface area contributed by atoms with Gasteiger partial charge in [-0.05, 0) is 29.3 Å². The third-order valence-electron chi connectivity index (χ3n) is 6.53. The standard InChI is InChI=1S/C26H20F6N4O2/c27-25(28,29)18-6-3-5-17-15(11-21(26(30,31)32)35-23(17)18)13-36-9-8-22(37)34-20(24(36)38)10-14-12-33-19-7-2-1-4-16(14)19/h1-7,11-12,20,33H,8-10,13H2,(H,34,37). The van der Waals surface area contributed by atoms with E-state index in [0.29, 0.717) is 12.1 Å². The summed E-state index contributed by atoms with van der Waals surface area (Å²) in [5, 5.41) is 3.36. The summed E-state index contributed by atoms with van der Waals surface area (Å²) in [7, 11) is 0. The molecule has 2 amide bonds. The molecule has 12 heteroatoms. The van der Waals surface area contributed by atoms with Crippen molar-refractivity contribution >= 4 is 33.6 Å². The summed E-state index contributed by atoms with van der Waals surface area (Å²) in [6.07, 6.45) is -8.23. The Morgan fingerprint density at radius 2 is 1.66 bits per heavy atom. The SMILES string of the molecule is O=C1CCN(Cc2cc(C(F)(F)F)nc3c(C(F)(F)F)cccc23)C(=O)C(Cc2c[nH]c3ccccc23)N1. The van der Waals surface area contributed by atoms with E-state index in [4.69, 9.17) is 0 Å². The maximum atomic E-state index is 13.6. The number of carbonyl (C=O) groups excluding carboxylic acids is 2. The highest BCUT2D eigenvalue weighted by Crippen LogP contribution is 2.38. The Morgan fingerprint density at radius 1 is 0.921 bits per heavy atom. The zero-order valence-electron chi connectivity index (χ0n) is 19.6. The second-order valence-corrected chi connectivity index (χ2v) is 9.06. The highest BCUT2D eigenvalue weighted by molar-refractivity contribution is 5.92. The van der Waals surface area contributed by atoms with Crippen LogP contribution in [0.3, 0.4) is 0 Å². The van der Waals surface area contributed by atoms with Crippen LogP contribution in [0.2, 0.25) is 0 Å². The van der Waals surface area contributed by atoms with Crippen molar-refractivity contribution in [3.8, 4) is 0 Å². The average Bonchev–Trinajstić information content (AvgIpc) is 3.21. The van der Waals surface area contributed by atoms with Gasteiger partial charge in [-0.2, -0.15) is 26.3 Å². The van der Waals surface area contributed by atoms with Gasteiger partial charge < -0.3 is 15.2 Å². The Labute approximate surface area is 211 Å². The molecule has 1 fully saturated rings. The Hall–Kier alpha value is -4.09. The largest absolute Gasteiger partial charge is 0.433 e. The number of nitrogens with zero attached hydrogens (tertiary/aromatic N) is 2. The summed E-state index contributed by atoms with van der Waals surface area (Å²) in [6, 6.07) is 9.98. The van der Waals surface area contributed by atoms with E-state index in [1.54, 1.807) is 6.20 Å². The van der Waals surface area contributed by atoms with E-state index in [2.05, 4.69) is 15.3 Å². The Morgan fingerprint density at radius 3 is 2.39 bits per heavy atom. The summed E-state index contributed by atoms with van der Waals surface area (Å²) in [5.74, 6) is -0.966. The van der Waals surface area contributed by atoms with Crippen molar-refractivity contribution in [2.75, 3.05) is 6.54 Å². The van der Waals surface area contributed by atoms with Crippen LogP contribution in [-0.2, 0) is 34.9 Å². The number of alkyl halides is 6. The minimum absolute atomic E-state index is 0.112. The molecule has 0 bridgehead atoms. The predicted molar refractivity (Wildman–Crippen MR) is 126 cm³/mol. The molecule has 0 aliphatic carbocycles. The number of pyridine rings is 1. The molecular weight excluding hydrogens is 514 g/mol. The molecule has 1 aliphatic rings. The second-order valence-electron chi connectivity index (χ2n) is 9.06. The van der Waals surface area contributed by atoms with Gasteiger partial charge in [0.2, 0.25) is 11.8 Å². The van der Waals surface area contributed by atoms with Gasteiger partial charge in [0, 0.05) is 48.4 Å². The maximum Gasteiger partial charge on any atom is 0.433 e. The first-order valence-electron chi connectivity index (χ1n) is 11.6.